The molecule has 2 N–H and O–H groups in total. The SMILES string of the molecule is CCOC(CCNC(=NC)NCC1CN2CCCC2CO1)C(C)C. The fourth-order valence-corrected chi connectivity index (χ4v) is 3.60. The Balaban J connectivity index is 1.65. The van der Waals surface area contributed by atoms with E-state index in [1.807, 2.05) is 7.05 Å². The minimum Gasteiger partial charge on any atom is -0.378 e. The summed E-state index contributed by atoms with van der Waals surface area (Å²) < 4.78 is 11.8. The zero-order chi connectivity index (χ0) is 17.4. The Labute approximate surface area is 147 Å². The molecule has 2 fully saturated rings. The van der Waals surface area contributed by atoms with Crippen LogP contribution in [0.4, 0.5) is 0 Å². The number of rotatable bonds is 8. The fraction of sp³-hybridized carbons (Fsp3) is 0.944. The lowest BCUT2D eigenvalue weighted by molar-refractivity contribution is -0.0453. The Morgan fingerprint density at radius 3 is 2.92 bits per heavy atom. The van der Waals surface area contributed by atoms with Gasteiger partial charge in [-0.1, -0.05) is 13.8 Å². The number of hydrogen-bond acceptors (Lipinski definition) is 4. The highest BCUT2D eigenvalue weighted by molar-refractivity contribution is 5.79. The average molecular weight is 341 g/mol. The van der Waals surface area contributed by atoms with Crippen LogP contribution >= 0.6 is 0 Å². The lowest BCUT2D eigenvalue weighted by atomic mass is 10.0. The van der Waals surface area contributed by atoms with E-state index in [0.29, 0.717) is 18.1 Å². The van der Waals surface area contributed by atoms with Gasteiger partial charge >= 0.3 is 0 Å². The van der Waals surface area contributed by atoms with Crippen LogP contribution in [0.3, 0.4) is 0 Å². The molecule has 0 aromatic carbocycles. The maximum atomic E-state index is 5.99. The minimum atomic E-state index is 0.254. The molecule has 3 unspecified atom stereocenters. The molecule has 0 radical (unpaired) electrons. The molecule has 2 aliphatic rings. The van der Waals surface area contributed by atoms with Crippen molar-refractivity contribution in [1.29, 1.82) is 0 Å². The number of fused-ring (bicyclic) bond motifs is 1. The largest absolute Gasteiger partial charge is 0.378 e. The Morgan fingerprint density at radius 1 is 1.38 bits per heavy atom. The lowest BCUT2D eigenvalue weighted by Gasteiger charge is -2.35. The molecule has 0 amide bonds. The van der Waals surface area contributed by atoms with E-state index in [4.69, 9.17) is 9.47 Å². The zero-order valence-electron chi connectivity index (χ0n) is 15.9. The van der Waals surface area contributed by atoms with Crippen LogP contribution in [0.1, 0.15) is 40.0 Å². The van der Waals surface area contributed by atoms with Crippen molar-refractivity contribution >= 4 is 5.96 Å². The number of nitrogens with one attached hydrogen (secondary N) is 2. The van der Waals surface area contributed by atoms with Gasteiger partial charge in [-0.2, -0.15) is 0 Å². The first-order chi connectivity index (χ1) is 11.6. The number of hydrogen-bond donors (Lipinski definition) is 2. The van der Waals surface area contributed by atoms with E-state index in [9.17, 15) is 0 Å². The molecule has 24 heavy (non-hydrogen) atoms. The van der Waals surface area contributed by atoms with Crippen LogP contribution in [-0.2, 0) is 9.47 Å². The molecule has 0 bridgehead atoms. The van der Waals surface area contributed by atoms with Gasteiger partial charge in [0.2, 0.25) is 0 Å². The van der Waals surface area contributed by atoms with Crippen molar-refractivity contribution in [2.45, 2.75) is 58.3 Å². The molecule has 0 aliphatic carbocycles. The van der Waals surface area contributed by atoms with Gasteiger partial charge in [0.25, 0.3) is 0 Å². The summed E-state index contributed by atoms with van der Waals surface area (Å²) in [6, 6.07) is 0.658. The highest BCUT2D eigenvalue weighted by atomic mass is 16.5. The van der Waals surface area contributed by atoms with Crippen LogP contribution in [0.2, 0.25) is 0 Å². The standard InChI is InChI=1S/C18H36N4O2/c1-5-23-17(14(2)3)8-9-20-18(19-4)21-11-16-12-22-10-6-7-15(22)13-24-16/h14-17H,5-13H2,1-4H3,(H2,19,20,21). The molecule has 140 valence electrons. The second kappa shape index (κ2) is 10.2. The summed E-state index contributed by atoms with van der Waals surface area (Å²) in [5.74, 6) is 1.38. The van der Waals surface area contributed by atoms with Gasteiger partial charge in [-0.15, -0.1) is 0 Å². The van der Waals surface area contributed by atoms with E-state index in [1.54, 1.807) is 0 Å². The summed E-state index contributed by atoms with van der Waals surface area (Å²) in [5, 5.41) is 6.79. The van der Waals surface area contributed by atoms with E-state index in [-0.39, 0.29) is 6.10 Å². The maximum absolute atomic E-state index is 5.99. The third-order valence-electron chi connectivity index (χ3n) is 5.03. The Bertz CT molecular complexity index is 389. The van der Waals surface area contributed by atoms with Gasteiger partial charge in [0.15, 0.2) is 5.96 Å². The second-order valence-corrected chi connectivity index (χ2v) is 7.15. The Kier molecular flexibility index (Phi) is 8.29. The normalized spacial score (nSPS) is 26.5. The number of nitrogens with zero attached hydrogens (tertiary/aromatic N) is 2. The van der Waals surface area contributed by atoms with Crippen molar-refractivity contribution in [3.63, 3.8) is 0 Å². The van der Waals surface area contributed by atoms with Crippen LogP contribution < -0.4 is 10.6 Å². The molecular weight excluding hydrogens is 304 g/mol. The molecule has 0 aromatic heterocycles. The lowest BCUT2D eigenvalue weighted by Crippen LogP contribution is -2.51. The molecule has 0 spiro atoms. The average Bonchev–Trinajstić information content (AvgIpc) is 3.04. The molecule has 2 saturated heterocycles. The van der Waals surface area contributed by atoms with Crippen molar-refractivity contribution in [2.75, 3.05) is 46.4 Å². The van der Waals surface area contributed by atoms with Crippen LogP contribution in [-0.4, -0.2) is 75.5 Å². The summed E-state index contributed by atoms with van der Waals surface area (Å²) in [6.45, 7) is 12.1. The predicted molar refractivity (Wildman–Crippen MR) is 98.6 cm³/mol. The van der Waals surface area contributed by atoms with Gasteiger partial charge in [0.1, 0.15) is 0 Å². The van der Waals surface area contributed by atoms with Gasteiger partial charge in [0.05, 0.1) is 18.8 Å². The van der Waals surface area contributed by atoms with Crippen molar-refractivity contribution in [2.24, 2.45) is 10.9 Å². The predicted octanol–water partition coefficient (Wildman–Crippen LogP) is 1.47. The zero-order valence-corrected chi connectivity index (χ0v) is 15.9. The topological polar surface area (TPSA) is 58.1 Å². The Hall–Kier alpha value is -0.850. The van der Waals surface area contributed by atoms with Gasteiger partial charge in [0, 0.05) is 39.3 Å². The first-order valence-electron chi connectivity index (χ1n) is 9.55. The van der Waals surface area contributed by atoms with Gasteiger partial charge < -0.3 is 20.1 Å². The number of guanidine groups is 1. The van der Waals surface area contributed by atoms with E-state index >= 15 is 0 Å². The van der Waals surface area contributed by atoms with Crippen molar-refractivity contribution in [3.05, 3.63) is 0 Å². The monoisotopic (exact) mass is 340 g/mol. The quantitative estimate of drug-likeness (QED) is 0.518. The van der Waals surface area contributed by atoms with Crippen LogP contribution in [0.5, 0.6) is 0 Å². The van der Waals surface area contributed by atoms with E-state index in [0.717, 1.165) is 45.2 Å². The Morgan fingerprint density at radius 2 is 2.21 bits per heavy atom. The molecule has 2 heterocycles. The summed E-state index contributed by atoms with van der Waals surface area (Å²) in [5.41, 5.74) is 0. The third kappa shape index (κ3) is 5.90. The second-order valence-electron chi connectivity index (χ2n) is 7.15. The molecule has 0 aromatic rings. The first kappa shape index (κ1) is 19.5. The van der Waals surface area contributed by atoms with Gasteiger partial charge in [-0.25, -0.2) is 0 Å². The molecular formula is C18H36N4O2. The van der Waals surface area contributed by atoms with E-state index in [1.165, 1.54) is 19.4 Å². The van der Waals surface area contributed by atoms with Crippen LogP contribution in [0.25, 0.3) is 0 Å². The van der Waals surface area contributed by atoms with Gasteiger partial charge in [-0.05, 0) is 38.6 Å². The molecule has 6 heteroatoms. The molecule has 0 saturated carbocycles. The number of morpholine rings is 1. The molecule has 2 rings (SSSR count). The molecule has 2 aliphatic heterocycles. The summed E-state index contributed by atoms with van der Waals surface area (Å²) in [7, 11) is 1.82. The van der Waals surface area contributed by atoms with Gasteiger partial charge in [-0.3, -0.25) is 9.89 Å². The van der Waals surface area contributed by atoms with E-state index in [2.05, 4.69) is 41.3 Å². The summed E-state index contributed by atoms with van der Waals surface area (Å²) in [6.07, 6.45) is 4.15. The number of ether oxygens (including phenoxy) is 2. The summed E-state index contributed by atoms with van der Waals surface area (Å²) in [4.78, 5) is 6.88. The van der Waals surface area contributed by atoms with Crippen LogP contribution in [0.15, 0.2) is 4.99 Å². The summed E-state index contributed by atoms with van der Waals surface area (Å²) >= 11 is 0. The van der Waals surface area contributed by atoms with E-state index < -0.39 is 0 Å². The fourth-order valence-electron chi connectivity index (χ4n) is 3.60. The highest BCUT2D eigenvalue weighted by Crippen LogP contribution is 2.22. The van der Waals surface area contributed by atoms with Crippen molar-refractivity contribution in [3.8, 4) is 0 Å². The third-order valence-corrected chi connectivity index (χ3v) is 5.03. The minimum absolute atomic E-state index is 0.254. The molecule has 3 atom stereocenters. The first-order valence-corrected chi connectivity index (χ1v) is 9.55. The van der Waals surface area contributed by atoms with Crippen LogP contribution in [0, 0.1) is 5.92 Å². The highest BCUT2D eigenvalue weighted by Gasteiger charge is 2.32. The van der Waals surface area contributed by atoms with Crippen molar-refractivity contribution in [1.82, 2.24) is 15.5 Å². The van der Waals surface area contributed by atoms with Crippen molar-refractivity contribution < 1.29 is 9.47 Å². The number of aliphatic imine (C=N–C) groups is 1. The smallest absolute Gasteiger partial charge is 0.191 e. The molecule has 6 nitrogen and oxygen atoms in total. The maximum Gasteiger partial charge on any atom is 0.191 e.